The van der Waals surface area contributed by atoms with Crippen molar-refractivity contribution < 1.29 is 4.79 Å². The van der Waals surface area contributed by atoms with Crippen LogP contribution in [0.4, 0.5) is 17.1 Å². The Bertz CT molecular complexity index is 904. The summed E-state index contributed by atoms with van der Waals surface area (Å²) in [6, 6.07) is 16.8. The van der Waals surface area contributed by atoms with Crippen molar-refractivity contribution in [2.75, 3.05) is 34.8 Å². The van der Waals surface area contributed by atoms with Crippen LogP contribution in [0.2, 0.25) is 0 Å². The van der Waals surface area contributed by atoms with Crippen LogP contribution in [0.5, 0.6) is 0 Å². The van der Waals surface area contributed by atoms with Crippen molar-refractivity contribution in [3.8, 4) is 0 Å². The molecule has 0 radical (unpaired) electrons. The maximum atomic E-state index is 11.9. The van der Waals surface area contributed by atoms with Gasteiger partial charge in [-0.15, -0.1) is 0 Å². The highest BCUT2D eigenvalue weighted by atomic mass is 32.1. The molecular formula is C25H32N4OS. The van der Waals surface area contributed by atoms with Gasteiger partial charge in [0.25, 0.3) is 0 Å². The molecule has 2 aliphatic rings. The van der Waals surface area contributed by atoms with Gasteiger partial charge >= 0.3 is 0 Å². The molecule has 164 valence electrons. The van der Waals surface area contributed by atoms with E-state index in [-0.39, 0.29) is 11.9 Å². The van der Waals surface area contributed by atoms with Crippen LogP contribution in [0.15, 0.2) is 48.5 Å². The van der Waals surface area contributed by atoms with Gasteiger partial charge in [0.2, 0.25) is 5.91 Å². The van der Waals surface area contributed by atoms with Crippen LogP contribution in [0, 0.1) is 5.92 Å². The average Bonchev–Trinajstić information content (AvgIpc) is 3.21. The van der Waals surface area contributed by atoms with E-state index in [4.69, 9.17) is 12.2 Å². The molecule has 2 aromatic carbocycles. The van der Waals surface area contributed by atoms with Crippen molar-refractivity contribution in [1.29, 1.82) is 0 Å². The lowest BCUT2D eigenvalue weighted by molar-refractivity contribution is -0.117. The van der Waals surface area contributed by atoms with Crippen molar-refractivity contribution >= 4 is 40.3 Å². The fourth-order valence-electron chi connectivity index (χ4n) is 4.33. The zero-order valence-corrected chi connectivity index (χ0v) is 19.3. The molecule has 4 rings (SSSR count). The summed E-state index contributed by atoms with van der Waals surface area (Å²) in [5, 5.41) is 7.21. The molecule has 0 saturated carbocycles. The average molecular weight is 437 g/mol. The minimum Gasteiger partial charge on any atom is -0.372 e. The number of anilines is 3. The minimum atomic E-state index is 0.108. The summed E-state index contributed by atoms with van der Waals surface area (Å²) in [5.41, 5.74) is 4.37. The minimum absolute atomic E-state index is 0.108. The fraction of sp³-hybridized carbons (Fsp3) is 0.440. The highest BCUT2D eigenvalue weighted by Gasteiger charge is 2.21. The second-order valence-electron chi connectivity index (χ2n) is 8.78. The Morgan fingerprint density at radius 1 is 1.00 bits per heavy atom. The number of hydrogen-bond acceptors (Lipinski definition) is 3. The van der Waals surface area contributed by atoms with Gasteiger partial charge in [0, 0.05) is 43.1 Å². The van der Waals surface area contributed by atoms with Gasteiger partial charge < -0.3 is 20.4 Å². The highest BCUT2D eigenvalue weighted by Crippen LogP contribution is 2.25. The molecular weight excluding hydrogens is 404 g/mol. The van der Waals surface area contributed by atoms with E-state index in [2.05, 4.69) is 53.6 Å². The van der Waals surface area contributed by atoms with Gasteiger partial charge in [-0.1, -0.05) is 19.1 Å². The van der Waals surface area contributed by atoms with E-state index in [0.717, 1.165) is 43.3 Å². The molecule has 31 heavy (non-hydrogen) atoms. The lowest BCUT2D eigenvalue weighted by Crippen LogP contribution is -2.33. The number of rotatable bonds is 5. The molecule has 6 heteroatoms. The summed E-state index contributed by atoms with van der Waals surface area (Å²) in [5.74, 6) is 1.04. The molecule has 0 aliphatic carbocycles. The summed E-state index contributed by atoms with van der Waals surface area (Å²) in [7, 11) is 0. The maximum absolute atomic E-state index is 11.9. The molecule has 2 aromatic rings. The zero-order chi connectivity index (χ0) is 21.8. The molecule has 1 atom stereocenters. The lowest BCUT2D eigenvalue weighted by atomic mass is 9.98. The van der Waals surface area contributed by atoms with Crippen LogP contribution in [0.1, 0.15) is 51.1 Å². The van der Waals surface area contributed by atoms with Crippen molar-refractivity contribution in [2.45, 2.75) is 45.6 Å². The van der Waals surface area contributed by atoms with Gasteiger partial charge in [-0.3, -0.25) is 4.79 Å². The predicted octanol–water partition coefficient (Wildman–Crippen LogP) is 5.10. The molecule has 5 nitrogen and oxygen atoms in total. The van der Waals surface area contributed by atoms with E-state index in [9.17, 15) is 4.79 Å². The zero-order valence-electron chi connectivity index (χ0n) is 18.4. The van der Waals surface area contributed by atoms with Crippen LogP contribution in [-0.4, -0.2) is 30.7 Å². The lowest BCUT2D eigenvalue weighted by Gasteiger charge is -2.32. The first kappa shape index (κ1) is 21.6. The van der Waals surface area contributed by atoms with Gasteiger partial charge in [-0.25, -0.2) is 0 Å². The van der Waals surface area contributed by atoms with Crippen LogP contribution in [-0.2, 0) is 4.79 Å². The molecule has 2 heterocycles. The van der Waals surface area contributed by atoms with E-state index >= 15 is 0 Å². The quantitative estimate of drug-likeness (QED) is 0.639. The fourth-order valence-corrected chi connectivity index (χ4v) is 4.63. The number of nitrogens with zero attached hydrogens (tertiary/aromatic N) is 2. The summed E-state index contributed by atoms with van der Waals surface area (Å²) in [4.78, 5) is 16.2. The van der Waals surface area contributed by atoms with E-state index in [1.54, 1.807) is 0 Å². The number of piperidine rings is 1. The second-order valence-corrected chi connectivity index (χ2v) is 9.19. The molecule has 2 N–H and O–H groups in total. The Kier molecular flexibility index (Phi) is 6.76. The molecule has 0 spiro atoms. The number of nitrogens with one attached hydrogen (secondary N) is 2. The first-order valence-corrected chi connectivity index (χ1v) is 11.7. The topological polar surface area (TPSA) is 47.6 Å². The standard InChI is InChI=1S/C25H32N4OS/c1-18-13-16-28(17-14-18)22-9-5-20(6-10-22)19(2)26-25(31)27-21-7-11-23(12-8-21)29-15-3-4-24(29)30/h5-12,18-19H,3-4,13-17H2,1-2H3,(H2,26,27,31). The maximum Gasteiger partial charge on any atom is 0.227 e. The SMILES string of the molecule is CC1CCN(c2ccc(C(C)NC(=S)Nc3ccc(N4CCCC4=O)cc3)cc2)CC1. The predicted molar refractivity (Wildman–Crippen MR) is 133 cm³/mol. The number of amides is 1. The third-order valence-electron chi connectivity index (χ3n) is 6.40. The largest absolute Gasteiger partial charge is 0.372 e. The molecule has 0 aromatic heterocycles. The second kappa shape index (κ2) is 9.69. The Hall–Kier alpha value is -2.60. The van der Waals surface area contributed by atoms with Gasteiger partial charge in [-0.2, -0.15) is 0 Å². The van der Waals surface area contributed by atoms with Crippen LogP contribution >= 0.6 is 12.2 Å². The Balaban J connectivity index is 1.29. The van der Waals surface area contributed by atoms with Crippen molar-refractivity contribution in [1.82, 2.24) is 5.32 Å². The van der Waals surface area contributed by atoms with E-state index in [1.807, 2.05) is 29.2 Å². The number of hydrogen-bond donors (Lipinski definition) is 2. The third-order valence-corrected chi connectivity index (χ3v) is 6.62. The van der Waals surface area contributed by atoms with Gasteiger partial charge in [-0.05, 0) is 86.3 Å². The summed E-state index contributed by atoms with van der Waals surface area (Å²) in [6.45, 7) is 7.56. The first-order chi connectivity index (χ1) is 15.0. The Morgan fingerprint density at radius 2 is 1.65 bits per heavy atom. The number of thiocarbonyl (C=S) groups is 1. The van der Waals surface area contributed by atoms with Crippen LogP contribution < -0.4 is 20.4 Å². The smallest absolute Gasteiger partial charge is 0.227 e. The highest BCUT2D eigenvalue weighted by molar-refractivity contribution is 7.80. The van der Waals surface area contributed by atoms with Crippen molar-refractivity contribution in [3.05, 3.63) is 54.1 Å². The van der Waals surface area contributed by atoms with Crippen LogP contribution in [0.25, 0.3) is 0 Å². The van der Waals surface area contributed by atoms with Gasteiger partial charge in [0.05, 0.1) is 6.04 Å². The van der Waals surface area contributed by atoms with Crippen LogP contribution in [0.3, 0.4) is 0 Å². The van der Waals surface area contributed by atoms with Gasteiger partial charge in [0.1, 0.15) is 0 Å². The Labute approximate surface area is 190 Å². The Morgan fingerprint density at radius 3 is 2.26 bits per heavy atom. The molecule has 2 aliphatic heterocycles. The van der Waals surface area contributed by atoms with Crippen molar-refractivity contribution in [3.63, 3.8) is 0 Å². The third kappa shape index (κ3) is 5.37. The number of benzene rings is 2. The van der Waals surface area contributed by atoms with E-state index in [0.29, 0.717) is 11.5 Å². The number of carbonyl (C=O) groups is 1. The molecule has 0 bridgehead atoms. The summed E-state index contributed by atoms with van der Waals surface area (Å²) in [6.07, 6.45) is 4.12. The summed E-state index contributed by atoms with van der Waals surface area (Å²) < 4.78 is 0. The molecule has 2 saturated heterocycles. The summed E-state index contributed by atoms with van der Waals surface area (Å²) >= 11 is 5.52. The molecule has 1 amide bonds. The van der Waals surface area contributed by atoms with E-state index < -0.39 is 0 Å². The normalized spacial score (nSPS) is 18.2. The first-order valence-electron chi connectivity index (χ1n) is 11.3. The molecule has 2 fully saturated rings. The van der Waals surface area contributed by atoms with Gasteiger partial charge in [0.15, 0.2) is 5.11 Å². The monoisotopic (exact) mass is 436 g/mol. The van der Waals surface area contributed by atoms with E-state index in [1.165, 1.54) is 24.1 Å². The molecule has 1 unspecified atom stereocenters. The number of carbonyl (C=O) groups excluding carboxylic acids is 1. The van der Waals surface area contributed by atoms with Crippen molar-refractivity contribution in [2.24, 2.45) is 5.92 Å².